The molecule has 2 fully saturated rings. The van der Waals surface area contributed by atoms with Crippen LogP contribution in [0.2, 0.25) is 0 Å². The first-order chi connectivity index (χ1) is 22.1. The van der Waals surface area contributed by atoms with E-state index in [9.17, 15) is 19.2 Å². The number of carbonyl (C=O) groups is 4. The summed E-state index contributed by atoms with van der Waals surface area (Å²) < 4.78 is 0. The van der Waals surface area contributed by atoms with Crippen molar-refractivity contribution in [2.24, 2.45) is 17.6 Å². The molecule has 2 rings (SSSR count). The summed E-state index contributed by atoms with van der Waals surface area (Å²) in [5.74, 6) is 1.93. The molecule has 0 bridgehead atoms. The van der Waals surface area contributed by atoms with Crippen LogP contribution in [0.15, 0.2) is 12.8 Å². The van der Waals surface area contributed by atoms with Crippen LogP contribution in [0.5, 0.6) is 0 Å². The average molecular weight is 662 g/mol. The number of rotatable bonds is 9. The van der Waals surface area contributed by atoms with Gasteiger partial charge in [0.05, 0.1) is 18.6 Å². The third kappa shape index (κ3) is 60.6. The molecule has 0 aromatic rings. The largest absolute Gasteiger partial charge is 0.405 e. The highest BCUT2D eigenvalue weighted by atomic mass is 16.1. The molecule has 1 aliphatic heterocycles. The second-order valence-corrected chi connectivity index (χ2v) is 8.94. The minimum atomic E-state index is 0.0880. The number of ketones is 1. The van der Waals surface area contributed by atoms with E-state index in [1.165, 1.54) is 25.5 Å². The van der Waals surface area contributed by atoms with E-state index in [0.29, 0.717) is 18.7 Å². The van der Waals surface area contributed by atoms with Crippen molar-refractivity contribution in [3.8, 4) is 12.8 Å². The van der Waals surface area contributed by atoms with Gasteiger partial charge >= 0.3 is 0 Å². The number of hydrogen-bond acceptors (Lipinski definition) is 8. The molecule has 3 atom stereocenters. The van der Waals surface area contributed by atoms with Gasteiger partial charge in [0.2, 0.25) is 6.41 Å². The summed E-state index contributed by atoms with van der Waals surface area (Å²) in [6, 6.07) is 0.563. The van der Waals surface area contributed by atoms with Crippen LogP contribution in [-0.2, 0) is 19.2 Å². The molecule has 9 nitrogen and oxygen atoms in total. The maximum Gasteiger partial charge on any atom is 0.207 e. The molecule has 5 N–H and O–H groups in total. The molecule has 280 valence electrons. The first-order valence-electron chi connectivity index (χ1n) is 17.4. The smallest absolute Gasteiger partial charge is 0.207 e. The number of amides is 1. The van der Waals surface area contributed by atoms with Crippen molar-refractivity contribution >= 4 is 24.8 Å². The molecule has 0 aromatic heterocycles. The Hall–Kier alpha value is -2.54. The number of nitrogens with one attached hydrogen (secondary N) is 3. The van der Waals surface area contributed by atoms with Crippen LogP contribution in [0, 0.1) is 24.7 Å². The van der Waals surface area contributed by atoms with Gasteiger partial charge in [0.15, 0.2) is 0 Å². The molecule has 2 aliphatic rings. The fourth-order valence-corrected chi connectivity index (χ4v) is 3.13. The number of likely N-dealkylation sites (tertiary alicyclic amines) is 1. The zero-order valence-electron chi connectivity index (χ0n) is 33.7. The van der Waals surface area contributed by atoms with E-state index in [-0.39, 0.29) is 24.4 Å². The lowest BCUT2D eigenvalue weighted by molar-refractivity contribution is -0.119. The predicted molar refractivity (Wildman–Crippen MR) is 207 cm³/mol. The highest BCUT2D eigenvalue weighted by Crippen LogP contribution is 2.30. The van der Waals surface area contributed by atoms with Crippen molar-refractivity contribution in [2.45, 2.75) is 147 Å². The van der Waals surface area contributed by atoms with E-state index in [4.69, 9.17) is 0 Å². The zero-order valence-corrected chi connectivity index (χ0v) is 33.7. The molecule has 0 aromatic carbocycles. The van der Waals surface area contributed by atoms with Gasteiger partial charge in [-0.15, -0.1) is 12.8 Å². The Labute approximate surface area is 289 Å². The van der Waals surface area contributed by atoms with E-state index in [1.807, 2.05) is 90.4 Å². The van der Waals surface area contributed by atoms with Crippen molar-refractivity contribution < 1.29 is 19.2 Å². The normalized spacial score (nSPS) is 15.1. The maximum absolute atomic E-state index is 11.0. The van der Waals surface area contributed by atoms with E-state index in [2.05, 4.69) is 66.8 Å². The molecule has 0 spiro atoms. The molecule has 0 radical (unpaired) electrons. The number of Topliss-reactive ketones (excluding diaryl/α,β-unsaturated/α-hetero) is 1. The molecular formula is C37H83N5O4. The van der Waals surface area contributed by atoms with Gasteiger partial charge in [0.1, 0.15) is 18.4 Å². The van der Waals surface area contributed by atoms with Crippen molar-refractivity contribution in [1.29, 1.82) is 0 Å². The van der Waals surface area contributed by atoms with Crippen molar-refractivity contribution in [2.75, 3.05) is 34.2 Å². The van der Waals surface area contributed by atoms with Gasteiger partial charge in [-0.05, 0) is 58.9 Å². The molecule has 2 unspecified atom stereocenters. The van der Waals surface area contributed by atoms with Crippen LogP contribution in [0.1, 0.15) is 129 Å². The molecule has 1 aliphatic carbocycles. The lowest BCUT2D eigenvalue weighted by atomic mass is 9.80. The molecule has 1 amide bonds. The summed E-state index contributed by atoms with van der Waals surface area (Å²) >= 11 is 0. The third-order valence-electron chi connectivity index (χ3n) is 5.14. The first kappa shape index (κ1) is 66.0. The minimum absolute atomic E-state index is 0.0880. The lowest BCUT2D eigenvalue weighted by Gasteiger charge is -2.28. The maximum atomic E-state index is 11.0. The van der Waals surface area contributed by atoms with Gasteiger partial charge in [0.25, 0.3) is 0 Å². The predicted octanol–water partition coefficient (Wildman–Crippen LogP) is 6.89. The zero-order chi connectivity index (χ0) is 38.9. The number of likely N-dealkylation sites (N-methyl/N-ethyl adjacent to an activating group) is 3. The van der Waals surface area contributed by atoms with Crippen molar-refractivity contribution in [1.82, 2.24) is 20.9 Å². The summed E-state index contributed by atoms with van der Waals surface area (Å²) in [4.78, 5) is 42.2. The van der Waals surface area contributed by atoms with Gasteiger partial charge in [-0.3, -0.25) is 14.5 Å². The quantitative estimate of drug-likeness (QED) is 0.119. The molecule has 1 saturated carbocycles. The Balaban J connectivity index is -0.0000000513. The standard InChI is InChI=1S/C9H17NO.C7H14N2O.C4H10.C3H5NO2.C2H5N.5C2H6.C2H2/c1-7(11)9(10-2)6-8-4-3-5-8;1-8-6-3-4-9(2)7(6)5-10;1-4(2)3;5-2-1-4-3-6;1-2-3;6*1-2/h8-10H,3-6H2,1-2H3;5-8H,3-4H2,1-2H3;4H,1-3H3;2-3H,1H2,(H,4,6);2H,1,3H2;5*1-2H3;1-2H/t;6?,7-;;;;;;;;;/m.1........./s1. The topological polar surface area (TPSA) is 134 Å². The second kappa shape index (κ2) is 69.3. The van der Waals surface area contributed by atoms with Crippen LogP contribution in [0.4, 0.5) is 0 Å². The van der Waals surface area contributed by atoms with Crippen LogP contribution < -0.4 is 21.7 Å². The Morgan fingerprint density at radius 2 is 1.30 bits per heavy atom. The van der Waals surface area contributed by atoms with E-state index in [1.54, 1.807) is 6.92 Å². The molecule has 9 heteroatoms. The van der Waals surface area contributed by atoms with Crippen LogP contribution in [0.25, 0.3) is 0 Å². The number of carbonyl (C=O) groups excluding carboxylic acids is 4. The first-order valence-corrected chi connectivity index (χ1v) is 17.4. The Morgan fingerprint density at radius 1 is 0.913 bits per heavy atom. The Morgan fingerprint density at radius 3 is 1.48 bits per heavy atom. The average Bonchev–Trinajstić information content (AvgIpc) is 3.45. The number of hydrogen-bond donors (Lipinski definition) is 4. The van der Waals surface area contributed by atoms with Gasteiger partial charge in [-0.2, -0.15) is 0 Å². The monoisotopic (exact) mass is 662 g/mol. The Bertz CT molecular complexity index is 558. The number of nitrogens with two attached hydrogens (primary N) is 1. The fourth-order valence-electron chi connectivity index (χ4n) is 3.13. The van der Waals surface area contributed by atoms with Crippen molar-refractivity contribution in [3.63, 3.8) is 0 Å². The summed E-state index contributed by atoms with van der Waals surface area (Å²) in [6.07, 6.45) is 17.5. The highest BCUT2D eigenvalue weighted by Gasteiger charge is 2.29. The number of aldehydes is 2. The fraction of sp³-hybridized carbons (Fsp3) is 0.784. The number of terminal acetylenes is 1. The molecular weight excluding hydrogens is 578 g/mol. The van der Waals surface area contributed by atoms with Gasteiger partial charge in [-0.25, -0.2) is 0 Å². The SMILES string of the molecule is C#C.C=CN.CC.CC.CC.CC.CC.CC(C)C.CNC(CC1CCC1)C(C)=O.CNC1CCN(C)[C@@H]1C=O.O=CCNC=O. The summed E-state index contributed by atoms with van der Waals surface area (Å²) in [6.45, 7) is 32.4. The van der Waals surface area contributed by atoms with Crippen molar-refractivity contribution in [3.05, 3.63) is 12.8 Å². The summed E-state index contributed by atoms with van der Waals surface area (Å²) in [5, 5.41) is 8.32. The highest BCUT2D eigenvalue weighted by molar-refractivity contribution is 5.81. The Kier molecular flexibility index (Phi) is 99.4. The number of nitrogens with zero attached hydrogens (tertiary/aromatic N) is 1. The van der Waals surface area contributed by atoms with E-state index in [0.717, 1.165) is 37.5 Å². The second-order valence-electron chi connectivity index (χ2n) is 8.94. The lowest BCUT2D eigenvalue weighted by Crippen LogP contribution is -2.40. The minimum Gasteiger partial charge on any atom is -0.405 e. The van der Waals surface area contributed by atoms with E-state index < -0.39 is 0 Å². The van der Waals surface area contributed by atoms with Crippen LogP contribution >= 0.6 is 0 Å². The van der Waals surface area contributed by atoms with Crippen LogP contribution in [-0.4, -0.2) is 82.0 Å². The van der Waals surface area contributed by atoms with Gasteiger partial charge in [-0.1, -0.05) is 116 Å². The summed E-state index contributed by atoms with van der Waals surface area (Å²) in [7, 11) is 5.75. The molecule has 46 heavy (non-hydrogen) atoms. The summed E-state index contributed by atoms with van der Waals surface area (Å²) in [5.41, 5.74) is 4.61. The van der Waals surface area contributed by atoms with Crippen LogP contribution in [0.3, 0.4) is 0 Å². The molecule has 1 heterocycles. The van der Waals surface area contributed by atoms with Gasteiger partial charge < -0.3 is 31.3 Å². The molecule has 1 saturated heterocycles. The van der Waals surface area contributed by atoms with E-state index >= 15 is 0 Å². The van der Waals surface area contributed by atoms with Gasteiger partial charge in [0, 0.05) is 12.6 Å². The third-order valence-corrected chi connectivity index (χ3v) is 5.14.